The summed E-state index contributed by atoms with van der Waals surface area (Å²) in [5.74, 6) is -2.46. The molecule has 1 aromatic rings. The van der Waals surface area contributed by atoms with Crippen molar-refractivity contribution in [3.63, 3.8) is 0 Å². The summed E-state index contributed by atoms with van der Waals surface area (Å²) in [7, 11) is 0. The average molecular weight is 428 g/mol. The Hall–Kier alpha value is -3.30. The SMILES string of the molecule is CC(CN1C(=O)c2cccc([N+](=O)[O-])c2C1=O)C(=O)N1CCC[C@H]1C(=O)N1CCCC1. The van der Waals surface area contributed by atoms with Crippen molar-refractivity contribution in [1.82, 2.24) is 14.7 Å². The fourth-order valence-electron chi connectivity index (χ4n) is 4.70. The summed E-state index contributed by atoms with van der Waals surface area (Å²) in [6.45, 7) is 3.29. The Balaban J connectivity index is 1.48. The summed E-state index contributed by atoms with van der Waals surface area (Å²) < 4.78 is 0. The number of amides is 4. The van der Waals surface area contributed by atoms with Gasteiger partial charge in [0.1, 0.15) is 11.6 Å². The number of rotatable bonds is 5. The molecule has 10 nitrogen and oxygen atoms in total. The van der Waals surface area contributed by atoms with E-state index in [2.05, 4.69) is 0 Å². The average Bonchev–Trinajstić information content (AvgIpc) is 3.50. The van der Waals surface area contributed by atoms with E-state index >= 15 is 0 Å². The number of benzene rings is 1. The minimum Gasteiger partial charge on any atom is -0.341 e. The van der Waals surface area contributed by atoms with Gasteiger partial charge in [0.05, 0.1) is 16.4 Å². The second-order valence-electron chi connectivity index (χ2n) is 8.30. The van der Waals surface area contributed by atoms with Crippen LogP contribution < -0.4 is 0 Å². The van der Waals surface area contributed by atoms with Gasteiger partial charge in [-0.3, -0.25) is 34.2 Å². The van der Waals surface area contributed by atoms with E-state index in [4.69, 9.17) is 0 Å². The molecule has 3 aliphatic rings. The van der Waals surface area contributed by atoms with Crippen LogP contribution in [0.5, 0.6) is 0 Å². The third-order valence-electron chi connectivity index (χ3n) is 6.29. The third-order valence-corrected chi connectivity index (χ3v) is 6.29. The summed E-state index contributed by atoms with van der Waals surface area (Å²) in [4.78, 5) is 66.3. The number of carbonyl (C=O) groups excluding carboxylic acids is 4. The van der Waals surface area contributed by atoms with Gasteiger partial charge in [-0.25, -0.2) is 0 Å². The van der Waals surface area contributed by atoms with Gasteiger partial charge < -0.3 is 9.80 Å². The van der Waals surface area contributed by atoms with E-state index in [1.165, 1.54) is 18.2 Å². The lowest BCUT2D eigenvalue weighted by atomic mass is 10.1. The largest absolute Gasteiger partial charge is 0.341 e. The molecule has 1 unspecified atom stereocenters. The highest BCUT2D eigenvalue weighted by molar-refractivity contribution is 6.23. The zero-order valence-corrected chi connectivity index (χ0v) is 17.3. The highest BCUT2D eigenvalue weighted by atomic mass is 16.6. The molecule has 2 saturated heterocycles. The predicted molar refractivity (Wildman–Crippen MR) is 108 cm³/mol. The van der Waals surface area contributed by atoms with Crippen molar-refractivity contribution in [2.24, 2.45) is 5.92 Å². The van der Waals surface area contributed by atoms with Crippen LogP contribution in [0.2, 0.25) is 0 Å². The Labute approximate surface area is 178 Å². The van der Waals surface area contributed by atoms with Gasteiger partial charge in [0.25, 0.3) is 17.5 Å². The summed E-state index contributed by atoms with van der Waals surface area (Å²) in [6, 6.07) is 3.41. The second kappa shape index (κ2) is 8.09. The molecule has 10 heteroatoms. The molecule has 2 atom stereocenters. The van der Waals surface area contributed by atoms with Crippen molar-refractivity contribution < 1.29 is 24.1 Å². The zero-order valence-electron chi connectivity index (χ0n) is 17.3. The van der Waals surface area contributed by atoms with E-state index in [9.17, 15) is 29.3 Å². The van der Waals surface area contributed by atoms with Crippen LogP contribution in [0.1, 0.15) is 53.3 Å². The lowest BCUT2D eigenvalue weighted by Gasteiger charge is -2.30. The number of nitrogens with zero attached hydrogens (tertiary/aromatic N) is 4. The number of fused-ring (bicyclic) bond motifs is 1. The first-order chi connectivity index (χ1) is 14.8. The fourth-order valence-corrected chi connectivity index (χ4v) is 4.70. The van der Waals surface area contributed by atoms with Crippen LogP contribution in [0.4, 0.5) is 5.69 Å². The molecule has 31 heavy (non-hydrogen) atoms. The van der Waals surface area contributed by atoms with Crippen LogP contribution in [0.3, 0.4) is 0 Å². The van der Waals surface area contributed by atoms with Crippen LogP contribution in [-0.2, 0) is 9.59 Å². The van der Waals surface area contributed by atoms with Gasteiger partial charge in [0.15, 0.2) is 0 Å². The second-order valence-corrected chi connectivity index (χ2v) is 8.30. The first-order valence-corrected chi connectivity index (χ1v) is 10.5. The standard InChI is InChI=1S/C21H24N4O6/c1-13(18(26)23-11-5-8-16(23)20(28)22-9-2-3-10-22)12-24-19(27)14-6-4-7-15(25(30)31)17(14)21(24)29/h4,6-7,13,16H,2-3,5,8-12H2,1H3/t13?,16-/m0/s1. The van der Waals surface area contributed by atoms with Gasteiger partial charge in [-0.1, -0.05) is 13.0 Å². The van der Waals surface area contributed by atoms with E-state index in [1.54, 1.807) is 16.7 Å². The number of carbonyl (C=O) groups is 4. The van der Waals surface area contributed by atoms with E-state index in [0.717, 1.165) is 24.2 Å². The number of hydrogen-bond acceptors (Lipinski definition) is 6. The van der Waals surface area contributed by atoms with Gasteiger partial charge in [0, 0.05) is 32.2 Å². The molecular weight excluding hydrogens is 404 g/mol. The fraction of sp³-hybridized carbons (Fsp3) is 0.524. The van der Waals surface area contributed by atoms with E-state index in [1.807, 2.05) is 0 Å². The molecule has 1 aromatic carbocycles. The van der Waals surface area contributed by atoms with Crippen LogP contribution in [0.25, 0.3) is 0 Å². The third kappa shape index (κ3) is 3.55. The van der Waals surface area contributed by atoms with Crippen LogP contribution in [0, 0.1) is 16.0 Å². The van der Waals surface area contributed by atoms with Crippen molar-refractivity contribution >= 4 is 29.3 Å². The molecule has 0 aromatic heterocycles. The molecule has 3 heterocycles. The summed E-state index contributed by atoms with van der Waals surface area (Å²) >= 11 is 0. The zero-order chi connectivity index (χ0) is 22.3. The van der Waals surface area contributed by atoms with Crippen molar-refractivity contribution in [3.05, 3.63) is 39.4 Å². The molecule has 2 fully saturated rings. The Kier molecular flexibility index (Phi) is 5.47. The highest BCUT2D eigenvalue weighted by Crippen LogP contribution is 2.32. The number of likely N-dealkylation sites (tertiary alicyclic amines) is 2. The molecule has 0 N–H and O–H groups in total. The maximum atomic E-state index is 13.1. The topological polar surface area (TPSA) is 121 Å². The molecular formula is C21H24N4O6. The molecule has 0 saturated carbocycles. The molecule has 0 aliphatic carbocycles. The predicted octanol–water partition coefficient (Wildman–Crippen LogP) is 1.44. The number of nitro groups is 1. The summed E-state index contributed by atoms with van der Waals surface area (Å²) in [6.07, 6.45) is 3.26. The summed E-state index contributed by atoms with van der Waals surface area (Å²) in [5.41, 5.74) is -0.685. The lowest BCUT2D eigenvalue weighted by Crippen LogP contribution is -2.50. The minimum atomic E-state index is -0.766. The van der Waals surface area contributed by atoms with Gasteiger partial charge in [-0.2, -0.15) is 0 Å². The molecule has 4 amide bonds. The summed E-state index contributed by atoms with van der Waals surface area (Å²) in [5, 5.41) is 11.3. The first-order valence-electron chi connectivity index (χ1n) is 10.5. The van der Waals surface area contributed by atoms with Crippen molar-refractivity contribution in [2.75, 3.05) is 26.2 Å². The van der Waals surface area contributed by atoms with Crippen LogP contribution in [0.15, 0.2) is 18.2 Å². The van der Waals surface area contributed by atoms with E-state index in [0.29, 0.717) is 26.1 Å². The van der Waals surface area contributed by atoms with E-state index < -0.39 is 34.4 Å². The maximum absolute atomic E-state index is 13.1. The normalized spacial score (nSPS) is 21.6. The Bertz CT molecular complexity index is 971. The molecule has 0 radical (unpaired) electrons. The smallest absolute Gasteiger partial charge is 0.282 e. The van der Waals surface area contributed by atoms with Crippen LogP contribution >= 0.6 is 0 Å². The number of imide groups is 1. The van der Waals surface area contributed by atoms with Gasteiger partial charge in [-0.15, -0.1) is 0 Å². The maximum Gasteiger partial charge on any atom is 0.282 e. The van der Waals surface area contributed by atoms with Crippen molar-refractivity contribution in [1.29, 1.82) is 0 Å². The minimum absolute atomic E-state index is 0.0258. The molecule has 3 aliphatic heterocycles. The Morgan fingerprint density at radius 3 is 2.52 bits per heavy atom. The molecule has 0 bridgehead atoms. The first kappa shape index (κ1) is 21.0. The van der Waals surface area contributed by atoms with Gasteiger partial charge in [-0.05, 0) is 31.7 Å². The van der Waals surface area contributed by atoms with Gasteiger partial charge in [0.2, 0.25) is 11.8 Å². The molecule has 0 spiro atoms. The Morgan fingerprint density at radius 1 is 1.13 bits per heavy atom. The van der Waals surface area contributed by atoms with Crippen molar-refractivity contribution in [2.45, 2.75) is 38.6 Å². The van der Waals surface area contributed by atoms with Gasteiger partial charge >= 0.3 is 0 Å². The number of hydrogen-bond donors (Lipinski definition) is 0. The Morgan fingerprint density at radius 2 is 1.84 bits per heavy atom. The lowest BCUT2D eigenvalue weighted by molar-refractivity contribution is -0.385. The highest BCUT2D eigenvalue weighted by Gasteiger charge is 2.44. The quantitative estimate of drug-likeness (QED) is 0.397. The molecule has 4 rings (SSSR count). The van der Waals surface area contributed by atoms with E-state index in [-0.39, 0.29) is 29.5 Å². The van der Waals surface area contributed by atoms with Crippen molar-refractivity contribution in [3.8, 4) is 0 Å². The van der Waals surface area contributed by atoms with Crippen LogP contribution in [-0.4, -0.2) is 75.5 Å². The molecule has 164 valence electrons. The number of nitro benzene ring substituents is 1. The monoisotopic (exact) mass is 428 g/mol.